The molecule has 1 saturated carbocycles. The zero-order chi connectivity index (χ0) is 15.9. The molecule has 22 heavy (non-hydrogen) atoms. The molecule has 2 heterocycles. The summed E-state index contributed by atoms with van der Waals surface area (Å²) in [7, 11) is 0. The van der Waals surface area contributed by atoms with Crippen molar-refractivity contribution in [1.29, 1.82) is 0 Å². The number of nitrogens with one attached hydrogen (secondary N) is 1. The Morgan fingerprint density at radius 3 is 2.55 bits per heavy atom. The molecule has 2 aliphatic rings. The summed E-state index contributed by atoms with van der Waals surface area (Å²) in [4.78, 5) is 23.5. The van der Waals surface area contributed by atoms with Crippen LogP contribution in [0.3, 0.4) is 0 Å². The fourth-order valence-corrected chi connectivity index (χ4v) is 3.07. The van der Waals surface area contributed by atoms with Crippen molar-refractivity contribution in [2.45, 2.75) is 58.8 Å². The van der Waals surface area contributed by atoms with E-state index in [2.05, 4.69) is 21.9 Å². The minimum absolute atomic E-state index is 0.0873. The topological polar surface area (TPSA) is 57.6 Å². The van der Waals surface area contributed by atoms with Crippen LogP contribution in [0.5, 0.6) is 0 Å². The molecule has 1 aliphatic carbocycles. The number of aromatic nitrogens is 1. The highest BCUT2D eigenvalue weighted by Crippen LogP contribution is 2.35. The summed E-state index contributed by atoms with van der Waals surface area (Å²) in [6, 6.07) is 2.00. The van der Waals surface area contributed by atoms with Gasteiger partial charge in [-0.3, -0.25) is 9.79 Å². The van der Waals surface area contributed by atoms with Gasteiger partial charge in [0.1, 0.15) is 0 Å². The highest BCUT2D eigenvalue weighted by molar-refractivity contribution is 6.03. The van der Waals surface area contributed by atoms with Crippen molar-refractivity contribution in [2.75, 3.05) is 6.54 Å². The van der Waals surface area contributed by atoms with Gasteiger partial charge in [-0.1, -0.05) is 33.6 Å². The molecule has 1 aromatic heterocycles. The summed E-state index contributed by atoms with van der Waals surface area (Å²) in [6.07, 6.45) is 9.55. The molecule has 4 nitrogen and oxygen atoms in total. The number of H-pyrrole nitrogens is 1. The van der Waals surface area contributed by atoms with Crippen molar-refractivity contribution in [3.63, 3.8) is 0 Å². The Kier molecular flexibility index (Phi) is 6.10. The first-order valence-corrected chi connectivity index (χ1v) is 8.54. The van der Waals surface area contributed by atoms with Gasteiger partial charge < -0.3 is 4.98 Å². The lowest BCUT2D eigenvalue weighted by molar-refractivity contribution is 0.347. The first-order chi connectivity index (χ1) is 10.7. The SMILES string of the molecule is CC.CC1CCC(c2c[nH]c(=O)c(C3=NCCC=N3)c2)CC1. The molecule has 1 N–H and O–H groups in total. The molecule has 1 aromatic rings. The minimum Gasteiger partial charge on any atom is -0.328 e. The lowest BCUT2D eigenvalue weighted by atomic mass is 9.80. The van der Waals surface area contributed by atoms with Crippen LogP contribution in [0.2, 0.25) is 0 Å². The number of aromatic amines is 1. The van der Waals surface area contributed by atoms with E-state index in [1.165, 1.54) is 31.2 Å². The molecular weight excluding hydrogens is 274 g/mol. The van der Waals surface area contributed by atoms with Gasteiger partial charge in [0.25, 0.3) is 5.56 Å². The highest BCUT2D eigenvalue weighted by atomic mass is 16.1. The molecule has 1 aliphatic heterocycles. The Morgan fingerprint density at radius 1 is 1.18 bits per heavy atom. The first kappa shape index (κ1) is 16.7. The minimum atomic E-state index is -0.0873. The zero-order valence-electron chi connectivity index (χ0n) is 13.9. The third-order valence-electron chi connectivity index (χ3n) is 4.39. The van der Waals surface area contributed by atoms with Gasteiger partial charge >= 0.3 is 0 Å². The molecule has 1 fully saturated rings. The number of hydrogen-bond acceptors (Lipinski definition) is 3. The van der Waals surface area contributed by atoms with Crippen LogP contribution in [0, 0.1) is 5.92 Å². The van der Waals surface area contributed by atoms with E-state index in [4.69, 9.17) is 0 Å². The van der Waals surface area contributed by atoms with Crippen LogP contribution >= 0.6 is 0 Å². The van der Waals surface area contributed by atoms with Crippen molar-refractivity contribution in [3.8, 4) is 0 Å². The van der Waals surface area contributed by atoms with Gasteiger partial charge in [0.15, 0.2) is 5.84 Å². The highest BCUT2D eigenvalue weighted by Gasteiger charge is 2.21. The zero-order valence-corrected chi connectivity index (χ0v) is 13.9. The van der Waals surface area contributed by atoms with Crippen molar-refractivity contribution < 1.29 is 0 Å². The third-order valence-corrected chi connectivity index (χ3v) is 4.39. The lowest BCUT2D eigenvalue weighted by Crippen LogP contribution is -2.21. The fourth-order valence-electron chi connectivity index (χ4n) is 3.07. The first-order valence-electron chi connectivity index (χ1n) is 8.54. The van der Waals surface area contributed by atoms with E-state index in [1.54, 1.807) is 0 Å². The second-order valence-corrected chi connectivity index (χ2v) is 5.94. The van der Waals surface area contributed by atoms with Gasteiger partial charge in [0, 0.05) is 25.4 Å². The maximum absolute atomic E-state index is 12.0. The summed E-state index contributed by atoms with van der Waals surface area (Å²) < 4.78 is 0. The van der Waals surface area contributed by atoms with Crippen LogP contribution < -0.4 is 5.56 Å². The molecule has 4 heteroatoms. The number of aliphatic imine (C=N–C) groups is 2. The van der Waals surface area contributed by atoms with Crippen molar-refractivity contribution in [2.24, 2.45) is 15.9 Å². The predicted molar refractivity (Wildman–Crippen MR) is 93.3 cm³/mol. The largest absolute Gasteiger partial charge is 0.328 e. The maximum atomic E-state index is 12.0. The second-order valence-electron chi connectivity index (χ2n) is 5.94. The Morgan fingerprint density at radius 2 is 1.91 bits per heavy atom. The number of hydrogen-bond donors (Lipinski definition) is 1. The van der Waals surface area contributed by atoms with Gasteiger partial charge in [-0.05, 0) is 36.3 Å². The monoisotopic (exact) mass is 301 g/mol. The van der Waals surface area contributed by atoms with Crippen LogP contribution in [-0.2, 0) is 0 Å². The standard InChI is InChI=1S/C16H21N3O.C2H6/c1-11-3-5-12(6-4-11)13-9-14(16(20)19-10-13)15-17-7-2-8-18-15;1-2/h7,9-12H,2-6,8H2,1H3,(H,19,20);1-2H3. The number of amidine groups is 1. The fraction of sp³-hybridized carbons (Fsp3) is 0.611. The van der Waals surface area contributed by atoms with Gasteiger partial charge in [-0.15, -0.1) is 0 Å². The van der Waals surface area contributed by atoms with E-state index >= 15 is 0 Å². The van der Waals surface area contributed by atoms with Gasteiger partial charge in [-0.2, -0.15) is 0 Å². The lowest BCUT2D eigenvalue weighted by Gasteiger charge is -2.26. The average molecular weight is 301 g/mol. The van der Waals surface area contributed by atoms with Crippen LogP contribution in [0.4, 0.5) is 0 Å². The summed E-state index contributed by atoms with van der Waals surface area (Å²) >= 11 is 0. The smallest absolute Gasteiger partial charge is 0.259 e. The molecule has 0 aromatic carbocycles. The van der Waals surface area contributed by atoms with Crippen LogP contribution in [0.25, 0.3) is 0 Å². The van der Waals surface area contributed by atoms with Crippen molar-refractivity contribution >= 4 is 12.1 Å². The summed E-state index contributed by atoms with van der Waals surface area (Å²) in [5.74, 6) is 1.99. The molecule has 3 rings (SSSR count). The van der Waals surface area contributed by atoms with E-state index in [0.717, 1.165) is 18.9 Å². The third kappa shape index (κ3) is 3.93. The van der Waals surface area contributed by atoms with Crippen LogP contribution in [0.15, 0.2) is 27.0 Å². The molecule has 0 amide bonds. The molecule has 120 valence electrons. The van der Waals surface area contributed by atoms with Gasteiger partial charge in [0.2, 0.25) is 0 Å². The summed E-state index contributed by atoms with van der Waals surface area (Å²) in [5.41, 5.74) is 1.77. The van der Waals surface area contributed by atoms with E-state index in [-0.39, 0.29) is 5.56 Å². The van der Waals surface area contributed by atoms with Crippen LogP contribution in [-0.4, -0.2) is 23.6 Å². The quantitative estimate of drug-likeness (QED) is 0.884. The Labute approximate surface area is 132 Å². The maximum Gasteiger partial charge on any atom is 0.259 e. The Bertz CT molecular complexity index is 593. The van der Waals surface area contributed by atoms with Crippen molar-refractivity contribution in [3.05, 3.63) is 33.7 Å². The molecule has 0 radical (unpaired) electrons. The van der Waals surface area contributed by atoms with Gasteiger partial charge in [0.05, 0.1) is 5.56 Å². The number of pyridine rings is 1. The Hall–Kier alpha value is -1.71. The number of nitrogens with zero attached hydrogens (tertiary/aromatic N) is 2. The van der Waals surface area contributed by atoms with E-state index < -0.39 is 0 Å². The second kappa shape index (κ2) is 8.06. The van der Waals surface area contributed by atoms with Crippen molar-refractivity contribution in [1.82, 2.24) is 4.98 Å². The number of rotatable bonds is 2. The normalized spacial score (nSPS) is 24.2. The molecule has 0 bridgehead atoms. The summed E-state index contributed by atoms with van der Waals surface area (Å²) in [6.45, 7) is 7.05. The molecular formula is C18H27N3O. The predicted octanol–water partition coefficient (Wildman–Crippen LogP) is 3.92. The molecule has 0 atom stereocenters. The average Bonchev–Trinajstić information content (AvgIpc) is 2.59. The van der Waals surface area contributed by atoms with E-state index in [1.807, 2.05) is 32.3 Å². The van der Waals surface area contributed by atoms with Gasteiger partial charge in [-0.25, -0.2) is 4.99 Å². The summed E-state index contributed by atoms with van der Waals surface area (Å²) in [5, 5.41) is 0. The van der Waals surface area contributed by atoms with Crippen LogP contribution in [0.1, 0.15) is 69.9 Å². The van der Waals surface area contributed by atoms with E-state index in [9.17, 15) is 4.79 Å². The van der Waals surface area contributed by atoms with E-state index in [0.29, 0.717) is 17.3 Å². The Balaban J connectivity index is 0.000000847. The molecule has 0 unspecified atom stereocenters. The molecule has 0 spiro atoms. The molecule has 0 saturated heterocycles.